The van der Waals surface area contributed by atoms with Gasteiger partial charge in [-0.1, -0.05) is 316 Å². The Kier molecular flexibility index (Phi) is 65.2. The Hall–Kier alpha value is -3.93. The fraction of sp³-hybridized carbons (Fsp3) is 0.720. The van der Waals surface area contributed by atoms with Crippen LogP contribution in [0.2, 0.25) is 0 Å². The molecule has 0 heterocycles. The molecule has 0 aliphatic rings. The van der Waals surface area contributed by atoms with E-state index in [1.54, 1.807) is 0 Å². The molecule has 0 bridgehead atoms. The van der Waals surface area contributed by atoms with Gasteiger partial charge in [-0.25, -0.2) is 0 Å². The van der Waals surface area contributed by atoms with Gasteiger partial charge < -0.3 is 14.2 Å². The number of carbonyl (C=O) groups is 3. The first-order valence-electron chi connectivity index (χ1n) is 34.4. The molecule has 6 heteroatoms. The Morgan fingerprint density at radius 1 is 0.259 bits per heavy atom. The molecular weight excluding hydrogens is 997 g/mol. The third-order valence-corrected chi connectivity index (χ3v) is 14.8. The van der Waals surface area contributed by atoms with Gasteiger partial charge in [0.05, 0.1) is 0 Å². The lowest BCUT2D eigenvalue weighted by Crippen LogP contribution is -2.30. The maximum Gasteiger partial charge on any atom is 0.306 e. The van der Waals surface area contributed by atoms with E-state index in [1.165, 1.54) is 154 Å². The van der Waals surface area contributed by atoms with E-state index in [1.807, 2.05) is 0 Å². The summed E-state index contributed by atoms with van der Waals surface area (Å²) in [4.78, 5) is 38.4. The molecule has 0 fully saturated rings. The number of hydrogen-bond donors (Lipinski definition) is 0. The third-order valence-electron chi connectivity index (χ3n) is 14.8. The van der Waals surface area contributed by atoms with Crippen LogP contribution in [0, 0.1) is 0 Å². The molecule has 0 spiro atoms. The van der Waals surface area contributed by atoms with Crippen LogP contribution in [-0.2, 0) is 28.6 Å². The number of carbonyl (C=O) groups excluding carboxylic acids is 3. The van der Waals surface area contributed by atoms with Crippen LogP contribution in [0.25, 0.3) is 0 Å². The fourth-order valence-corrected chi connectivity index (χ4v) is 9.70. The second-order valence-corrected chi connectivity index (χ2v) is 22.7. The van der Waals surface area contributed by atoms with Crippen molar-refractivity contribution in [1.82, 2.24) is 0 Å². The van der Waals surface area contributed by atoms with E-state index in [0.717, 1.165) is 135 Å². The summed E-state index contributed by atoms with van der Waals surface area (Å²) in [6.07, 6.45) is 94.0. The van der Waals surface area contributed by atoms with Crippen molar-refractivity contribution in [3.05, 3.63) is 109 Å². The Morgan fingerprint density at radius 3 is 0.765 bits per heavy atom. The van der Waals surface area contributed by atoms with E-state index in [2.05, 4.69) is 130 Å². The molecule has 0 radical (unpaired) electrons. The molecule has 0 aliphatic heterocycles. The first-order valence-corrected chi connectivity index (χ1v) is 34.4. The van der Waals surface area contributed by atoms with Crippen LogP contribution in [0.4, 0.5) is 0 Å². The molecular formula is C75H128O6. The van der Waals surface area contributed by atoms with Crippen LogP contribution >= 0.6 is 0 Å². The Morgan fingerprint density at radius 2 is 0.481 bits per heavy atom. The highest BCUT2D eigenvalue weighted by molar-refractivity contribution is 5.71. The smallest absolute Gasteiger partial charge is 0.306 e. The Bertz CT molecular complexity index is 1620. The molecule has 0 saturated heterocycles. The van der Waals surface area contributed by atoms with Crippen molar-refractivity contribution in [1.29, 1.82) is 0 Å². The van der Waals surface area contributed by atoms with Crippen molar-refractivity contribution < 1.29 is 28.6 Å². The van der Waals surface area contributed by atoms with E-state index in [4.69, 9.17) is 14.2 Å². The molecule has 1 unspecified atom stereocenters. The van der Waals surface area contributed by atoms with E-state index < -0.39 is 6.10 Å². The monoisotopic (exact) mass is 1120 g/mol. The molecule has 1 atom stereocenters. The zero-order chi connectivity index (χ0) is 58.5. The van der Waals surface area contributed by atoms with Crippen LogP contribution < -0.4 is 0 Å². The largest absolute Gasteiger partial charge is 0.462 e. The minimum Gasteiger partial charge on any atom is -0.462 e. The molecule has 0 N–H and O–H groups in total. The highest BCUT2D eigenvalue weighted by Crippen LogP contribution is 2.17. The summed E-state index contributed by atoms with van der Waals surface area (Å²) in [6, 6.07) is 0. The first kappa shape index (κ1) is 77.1. The second-order valence-electron chi connectivity index (χ2n) is 22.7. The average Bonchev–Trinajstić information content (AvgIpc) is 3.46. The highest BCUT2D eigenvalue weighted by atomic mass is 16.6. The number of rotatable bonds is 62. The van der Waals surface area contributed by atoms with Crippen LogP contribution in [0.3, 0.4) is 0 Å². The highest BCUT2D eigenvalue weighted by Gasteiger charge is 2.19. The summed E-state index contributed by atoms with van der Waals surface area (Å²) in [5.41, 5.74) is 0. The topological polar surface area (TPSA) is 78.9 Å². The maximum atomic E-state index is 12.9. The number of esters is 3. The number of allylic oxidation sites excluding steroid dienone is 18. The lowest BCUT2D eigenvalue weighted by molar-refractivity contribution is -0.167. The normalized spacial score (nSPS) is 12.8. The molecule has 464 valence electrons. The number of ether oxygens (including phenoxy) is 3. The second kappa shape index (κ2) is 68.6. The average molecular weight is 1130 g/mol. The van der Waals surface area contributed by atoms with Crippen molar-refractivity contribution in [2.75, 3.05) is 13.2 Å². The van der Waals surface area contributed by atoms with Crippen LogP contribution in [0.1, 0.15) is 329 Å². The minimum atomic E-state index is -0.798. The molecule has 81 heavy (non-hydrogen) atoms. The molecule has 0 rings (SSSR count). The predicted octanol–water partition coefficient (Wildman–Crippen LogP) is 23.8. The molecule has 0 aromatic carbocycles. The zero-order valence-electron chi connectivity index (χ0n) is 53.3. The molecule has 0 saturated carbocycles. The molecule has 6 nitrogen and oxygen atoms in total. The summed E-state index contributed by atoms with van der Waals surface area (Å²) in [6.45, 7) is 6.41. The standard InChI is InChI=1S/C75H128O6/c1-4-7-10-13-16-19-22-25-27-29-31-33-35-37-39-41-43-45-47-50-53-56-59-62-65-68-74(77)80-71-72(70-79-73(76)67-64-61-58-55-52-49-24-21-18-15-12-9-6-3)81-75(78)69-66-63-60-57-54-51-48-46-44-42-40-38-36-34-32-30-28-26-23-20-17-14-11-8-5-2/h7,9-10,12,16,18-19,21,25,27,31,33,37,39,43,45,49,52,72H,4-6,8,11,13-15,17,20,22-24,26,28-30,32,34-36,38,40-42,44,46-48,50-51,53-71H2,1-3H3/b10-7-,12-9-,19-16-,21-18-,27-25-,33-31-,39-37-,45-43-,52-49-. The van der Waals surface area contributed by atoms with Gasteiger partial charge in [0.1, 0.15) is 13.2 Å². The van der Waals surface area contributed by atoms with Gasteiger partial charge in [0, 0.05) is 19.3 Å². The van der Waals surface area contributed by atoms with E-state index >= 15 is 0 Å². The lowest BCUT2D eigenvalue weighted by Gasteiger charge is -2.18. The number of unbranched alkanes of at least 4 members (excludes halogenated alkanes) is 33. The molecule has 0 amide bonds. The van der Waals surface area contributed by atoms with E-state index in [9.17, 15) is 14.4 Å². The van der Waals surface area contributed by atoms with Gasteiger partial charge in [0.15, 0.2) is 6.10 Å². The quantitative estimate of drug-likeness (QED) is 0.0261. The summed E-state index contributed by atoms with van der Waals surface area (Å²) < 4.78 is 16.9. The van der Waals surface area contributed by atoms with Gasteiger partial charge in [-0.05, 0) is 103 Å². The molecule has 0 aliphatic carbocycles. The summed E-state index contributed by atoms with van der Waals surface area (Å²) in [5, 5.41) is 0. The van der Waals surface area contributed by atoms with Crippen molar-refractivity contribution in [2.45, 2.75) is 335 Å². The number of hydrogen-bond acceptors (Lipinski definition) is 6. The van der Waals surface area contributed by atoms with Crippen molar-refractivity contribution in [3.8, 4) is 0 Å². The SMILES string of the molecule is CC/C=C\C/C=C\C/C=C\C/C=C\C/C=C\C/C=C\CCCCCCCCC(=O)OCC(COC(=O)CCCCC/C=C\C/C=C\C/C=C\CC)OC(=O)CCCCCCCCCCCCCCCCCCCCCCCCCCC. The summed E-state index contributed by atoms with van der Waals surface area (Å²) >= 11 is 0. The summed E-state index contributed by atoms with van der Waals surface area (Å²) in [7, 11) is 0. The predicted molar refractivity (Wildman–Crippen MR) is 353 cm³/mol. The Balaban J connectivity index is 4.33. The maximum absolute atomic E-state index is 12.9. The van der Waals surface area contributed by atoms with Crippen LogP contribution in [-0.4, -0.2) is 37.2 Å². The van der Waals surface area contributed by atoms with E-state index in [0.29, 0.717) is 19.3 Å². The van der Waals surface area contributed by atoms with Gasteiger partial charge in [-0.2, -0.15) is 0 Å². The summed E-state index contributed by atoms with van der Waals surface area (Å²) in [5.74, 6) is -0.925. The lowest BCUT2D eigenvalue weighted by atomic mass is 10.0. The van der Waals surface area contributed by atoms with Crippen molar-refractivity contribution in [2.24, 2.45) is 0 Å². The fourth-order valence-electron chi connectivity index (χ4n) is 9.70. The Labute approximate surface area is 501 Å². The van der Waals surface area contributed by atoms with E-state index in [-0.39, 0.29) is 31.1 Å². The van der Waals surface area contributed by atoms with Crippen molar-refractivity contribution >= 4 is 17.9 Å². The first-order chi connectivity index (χ1) is 40.0. The van der Waals surface area contributed by atoms with Crippen LogP contribution in [0.15, 0.2) is 109 Å². The zero-order valence-corrected chi connectivity index (χ0v) is 53.3. The third kappa shape index (κ3) is 66.8. The van der Waals surface area contributed by atoms with Gasteiger partial charge >= 0.3 is 17.9 Å². The van der Waals surface area contributed by atoms with Crippen molar-refractivity contribution in [3.63, 3.8) is 0 Å². The van der Waals surface area contributed by atoms with Gasteiger partial charge in [-0.3, -0.25) is 14.4 Å². The minimum absolute atomic E-state index is 0.0944. The van der Waals surface area contributed by atoms with Crippen LogP contribution in [0.5, 0.6) is 0 Å². The van der Waals surface area contributed by atoms with Gasteiger partial charge in [-0.15, -0.1) is 0 Å². The molecule has 0 aromatic heterocycles. The molecule has 0 aromatic rings. The van der Waals surface area contributed by atoms with Gasteiger partial charge in [0.2, 0.25) is 0 Å². The van der Waals surface area contributed by atoms with Gasteiger partial charge in [0.25, 0.3) is 0 Å².